The lowest BCUT2D eigenvalue weighted by atomic mass is 10.1. The number of hydrogen-bond donors (Lipinski definition) is 0. The van der Waals surface area contributed by atoms with Crippen LogP contribution in [0.15, 0.2) is 48.8 Å². The predicted octanol–water partition coefficient (Wildman–Crippen LogP) is 4.43. The average Bonchev–Trinajstić information content (AvgIpc) is 3.21. The lowest BCUT2D eigenvalue weighted by molar-refractivity contribution is 0.164. The van der Waals surface area contributed by atoms with Crippen LogP contribution in [0.3, 0.4) is 0 Å². The van der Waals surface area contributed by atoms with Crippen LogP contribution >= 0.6 is 0 Å². The molecule has 0 aliphatic carbocycles. The van der Waals surface area contributed by atoms with Gasteiger partial charge in [0, 0.05) is 49.0 Å². The molecule has 0 bridgehead atoms. The maximum absolute atomic E-state index is 5.70. The number of likely N-dealkylation sites (tertiary alicyclic amines) is 1. The van der Waals surface area contributed by atoms with Gasteiger partial charge in [-0.25, -0.2) is 4.98 Å². The summed E-state index contributed by atoms with van der Waals surface area (Å²) in [4.78, 5) is 14.3. The van der Waals surface area contributed by atoms with Crippen molar-refractivity contribution in [2.45, 2.75) is 45.8 Å². The molecule has 4 rings (SSSR count). The van der Waals surface area contributed by atoms with Crippen LogP contribution < -0.4 is 4.74 Å². The number of hydrogen-bond acceptors (Lipinski definition) is 5. The molecule has 1 unspecified atom stereocenters. The van der Waals surface area contributed by atoms with E-state index in [0.717, 1.165) is 48.5 Å². The summed E-state index contributed by atoms with van der Waals surface area (Å²) in [6.45, 7) is 9.41. The normalized spacial score (nSPS) is 17.1. The van der Waals surface area contributed by atoms with E-state index in [0.29, 0.717) is 6.04 Å². The van der Waals surface area contributed by atoms with Crippen molar-refractivity contribution in [2.24, 2.45) is 0 Å². The number of aryl methyl sites for hydroxylation is 1. The summed E-state index contributed by atoms with van der Waals surface area (Å²) >= 11 is 0. The van der Waals surface area contributed by atoms with Crippen molar-refractivity contribution in [1.82, 2.24) is 19.8 Å². The van der Waals surface area contributed by atoms with Gasteiger partial charge < -0.3 is 4.74 Å². The van der Waals surface area contributed by atoms with E-state index >= 15 is 0 Å². The van der Waals surface area contributed by atoms with E-state index in [-0.39, 0.29) is 0 Å². The predicted molar refractivity (Wildman–Crippen MR) is 122 cm³/mol. The van der Waals surface area contributed by atoms with Gasteiger partial charge in [0.2, 0.25) is 5.88 Å². The first kappa shape index (κ1) is 20.8. The number of fused-ring (bicyclic) bond motifs is 1. The monoisotopic (exact) mass is 404 g/mol. The molecule has 0 N–H and O–H groups in total. The van der Waals surface area contributed by atoms with E-state index in [4.69, 9.17) is 9.72 Å². The summed E-state index contributed by atoms with van der Waals surface area (Å²) in [5.41, 5.74) is 4.58. The van der Waals surface area contributed by atoms with Gasteiger partial charge in [0.15, 0.2) is 0 Å². The van der Waals surface area contributed by atoms with Crippen molar-refractivity contribution < 1.29 is 4.74 Å². The summed E-state index contributed by atoms with van der Waals surface area (Å²) < 4.78 is 5.70. The Morgan fingerprint density at radius 2 is 2.10 bits per heavy atom. The maximum Gasteiger partial charge on any atom is 0.218 e. The first-order valence-corrected chi connectivity index (χ1v) is 11.0. The number of likely N-dealkylation sites (N-methyl/N-ethyl adjacent to an activating group) is 1. The number of ether oxygens (including phenoxy) is 1. The molecule has 158 valence electrons. The lowest BCUT2D eigenvalue weighted by Crippen LogP contribution is -2.39. The van der Waals surface area contributed by atoms with Crippen molar-refractivity contribution in [2.75, 3.05) is 26.7 Å². The largest absolute Gasteiger partial charge is 0.481 e. The highest BCUT2D eigenvalue weighted by molar-refractivity contribution is 5.80. The third-order valence-corrected chi connectivity index (χ3v) is 6.10. The summed E-state index contributed by atoms with van der Waals surface area (Å²) in [6.07, 6.45) is 6.36. The molecule has 5 nitrogen and oxygen atoms in total. The van der Waals surface area contributed by atoms with Crippen LogP contribution in [0, 0.1) is 6.92 Å². The van der Waals surface area contributed by atoms with Crippen molar-refractivity contribution in [1.29, 1.82) is 0 Å². The van der Waals surface area contributed by atoms with E-state index < -0.39 is 0 Å². The summed E-state index contributed by atoms with van der Waals surface area (Å²) in [6, 6.07) is 13.4. The molecule has 1 saturated heterocycles. The highest BCUT2D eigenvalue weighted by atomic mass is 16.5. The first-order valence-electron chi connectivity index (χ1n) is 11.0. The van der Waals surface area contributed by atoms with E-state index in [1.54, 1.807) is 7.11 Å². The van der Waals surface area contributed by atoms with Gasteiger partial charge in [0.1, 0.15) is 0 Å². The van der Waals surface area contributed by atoms with Gasteiger partial charge in [-0.15, -0.1) is 0 Å². The number of rotatable bonds is 8. The first-order chi connectivity index (χ1) is 14.7. The molecule has 30 heavy (non-hydrogen) atoms. The van der Waals surface area contributed by atoms with E-state index in [1.807, 2.05) is 18.5 Å². The Labute approximate surface area is 179 Å². The second-order valence-corrected chi connectivity index (χ2v) is 8.31. The fourth-order valence-corrected chi connectivity index (χ4v) is 4.59. The molecule has 1 aromatic carbocycles. The van der Waals surface area contributed by atoms with Crippen LogP contribution in [0.5, 0.6) is 5.88 Å². The third kappa shape index (κ3) is 4.79. The Bertz CT molecular complexity index is 976. The molecule has 0 radical (unpaired) electrons. The van der Waals surface area contributed by atoms with Gasteiger partial charge in [0.05, 0.1) is 12.6 Å². The minimum absolute atomic E-state index is 0.605. The number of nitrogens with zero attached hydrogens (tertiary/aromatic N) is 4. The standard InChI is InChI=1S/C25H32N4O/c1-4-29-12-6-8-23(29)18-28(16-20-7-5-11-26-15-20)17-22-14-21-10-9-19(2)13-24(21)27-25(22)30-3/h5,7,9-11,13-15,23H,4,6,8,12,16-18H2,1-3H3. The number of benzene rings is 1. The van der Waals surface area contributed by atoms with Gasteiger partial charge in [-0.3, -0.25) is 14.8 Å². The SMILES string of the molecule is CCN1CCCC1CN(Cc1cccnc1)Cc1cc2ccc(C)cc2nc1OC. The van der Waals surface area contributed by atoms with Crippen LogP contribution in [-0.2, 0) is 13.1 Å². The Balaban J connectivity index is 1.62. The Kier molecular flexibility index (Phi) is 6.60. The molecule has 3 heterocycles. The second kappa shape index (κ2) is 9.54. The molecular formula is C25H32N4O. The average molecular weight is 405 g/mol. The van der Waals surface area contributed by atoms with Gasteiger partial charge in [0.25, 0.3) is 0 Å². The Morgan fingerprint density at radius 1 is 1.20 bits per heavy atom. The fraction of sp³-hybridized carbons (Fsp3) is 0.440. The van der Waals surface area contributed by atoms with Gasteiger partial charge in [-0.05, 0) is 62.2 Å². The van der Waals surface area contributed by atoms with E-state index in [1.165, 1.54) is 30.5 Å². The smallest absolute Gasteiger partial charge is 0.218 e. The highest BCUT2D eigenvalue weighted by Crippen LogP contribution is 2.26. The molecule has 2 aromatic heterocycles. The molecule has 1 atom stereocenters. The third-order valence-electron chi connectivity index (χ3n) is 6.10. The lowest BCUT2D eigenvalue weighted by Gasteiger charge is -2.30. The zero-order valence-corrected chi connectivity index (χ0v) is 18.3. The molecule has 3 aromatic rings. The van der Waals surface area contributed by atoms with E-state index in [9.17, 15) is 0 Å². The van der Waals surface area contributed by atoms with Gasteiger partial charge in [-0.2, -0.15) is 0 Å². The molecule has 1 aliphatic rings. The van der Waals surface area contributed by atoms with Crippen molar-refractivity contribution in [3.05, 3.63) is 65.5 Å². The molecule has 1 aliphatic heterocycles. The van der Waals surface area contributed by atoms with Crippen molar-refractivity contribution in [3.63, 3.8) is 0 Å². The second-order valence-electron chi connectivity index (χ2n) is 8.31. The van der Waals surface area contributed by atoms with Gasteiger partial charge >= 0.3 is 0 Å². The van der Waals surface area contributed by atoms with Crippen LogP contribution in [-0.4, -0.2) is 52.6 Å². The quantitative estimate of drug-likeness (QED) is 0.555. The highest BCUT2D eigenvalue weighted by Gasteiger charge is 2.26. The summed E-state index contributed by atoms with van der Waals surface area (Å²) in [7, 11) is 1.72. The van der Waals surface area contributed by atoms with E-state index in [2.05, 4.69) is 59.0 Å². The number of aromatic nitrogens is 2. The maximum atomic E-state index is 5.70. The molecule has 5 heteroatoms. The fourth-order valence-electron chi connectivity index (χ4n) is 4.59. The van der Waals surface area contributed by atoms with Crippen LogP contribution in [0.4, 0.5) is 0 Å². The minimum atomic E-state index is 0.605. The topological polar surface area (TPSA) is 41.5 Å². The molecular weight excluding hydrogens is 372 g/mol. The van der Waals surface area contributed by atoms with Crippen LogP contribution in [0.1, 0.15) is 36.5 Å². The zero-order valence-electron chi connectivity index (χ0n) is 18.3. The van der Waals surface area contributed by atoms with Gasteiger partial charge in [-0.1, -0.05) is 25.1 Å². The minimum Gasteiger partial charge on any atom is -0.481 e. The number of methoxy groups -OCH3 is 1. The summed E-state index contributed by atoms with van der Waals surface area (Å²) in [5, 5.41) is 1.16. The summed E-state index contributed by atoms with van der Waals surface area (Å²) in [5.74, 6) is 0.725. The van der Waals surface area contributed by atoms with Crippen LogP contribution in [0.2, 0.25) is 0 Å². The van der Waals surface area contributed by atoms with Crippen molar-refractivity contribution in [3.8, 4) is 5.88 Å². The Hall–Kier alpha value is -2.50. The van der Waals surface area contributed by atoms with Crippen molar-refractivity contribution >= 4 is 10.9 Å². The molecule has 0 saturated carbocycles. The number of pyridine rings is 2. The molecule has 1 fully saturated rings. The van der Waals surface area contributed by atoms with Crippen LogP contribution in [0.25, 0.3) is 10.9 Å². The molecule has 0 amide bonds. The Morgan fingerprint density at radius 3 is 2.87 bits per heavy atom. The molecule has 0 spiro atoms. The zero-order chi connectivity index (χ0) is 20.9.